The summed E-state index contributed by atoms with van der Waals surface area (Å²) < 4.78 is 37.7. The molecule has 1 aromatic carbocycles. The van der Waals surface area contributed by atoms with Crippen LogP contribution in [-0.2, 0) is 23.8 Å². The van der Waals surface area contributed by atoms with Crippen molar-refractivity contribution >= 4 is 29.5 Å². The zero-order chi connectivity index (χ0) is 48.4. The maximum absolute atomic E-state index is 14.3. The SMILES string of the molecule is C=CCOC12Oc3ccc(OC(=O)NCCCCCCCCCCCC)cc3C3C(CCCCO)C(CCCCO)C=C(C(=NOC4CCCCO4)CC1N(CCOCCO)C(=O)OCCCl)C32. The Labute approximate surface area is 410 Å². The average molecular weight is 977 g/mol. The van der Waals surface area contributed by atoms with Crippen LogP contribution in [0.2, 0.25) is 0 Å². The molecule has 0 bridgehead atoms. The molecule has 0 spiro atoms. The summed E-state index contributed by atoms with van der Waals surface area (Å²) in [6.07, 6.45) is 21.2. The number of halogens is 1. The highest BCUT2D eigenvalue weighted by molar-refractivity contribution is 6.18. The number of carbonyl (C=O) groups is 2. The second-order valence-electron chi connectivity index (χ2n) is 18.5. The molecule has 2 aliphatic carbocycles. The van der Waals surface area contributed by atoms with Gasteiger partial charge in [0.05, 0.1) is 50.5 Å². The number of carbonyl (C=O) groups excluding carboxylic acids is 2. The number of rotatable bonds is 33. The number of amides is 2. The van der Waals surface area contributed by atoms with Crippen LogP contribution in [0.15, 0.2) is 47.7 Å². The number of aliphatic hydroxyl groups excluding tert-OH is 3. The van der Waals surface area contributed by atoms with Crippen molar-refractivity contribution in [3.63, 3.8) is 0 Å². The molecule has 1 aromatic rings. The topological polar surface area (TPSA) is 187 Å². The van der Waals surface area contributed by atoms with Crippen LogP contribution >= 0.6 is 11.6 Å². The van der Waals surface area contributed by atoms with Crippen molar-refractivity contribution in [1.29, 1.82) is 0 Å². The van der Waals surface area contributed by atoms with Crippen molar-refractivity contribution in [3.05, 3.63) is 48.1 Å². The third-order valence-electron chi connectivity index (χ3n) is 13.7. The fourth-order valence-corrected chi connectivity index (χ4v) is 10.6. The van der Waals surface area contributed by atoms with E-state index in [1.807, 2.05) is 12.1 Å². The lowest BCUT2D eigenvalue weighted by Crippen LogP contribution is -2.70. The predicted molar refractivity (Wildman–Crippen MR) is 262 cm³/mol. The van der Waals surface area contributed by atoms with Crippen LogP contribution in [0, 0.1) is 17.8 Å². The summed E-state index contributed by atoms with van der Waals surface area (Å²) in [4.78, 5) is 35.5. The Morgan fingerprint density at radius 2 is 1.69 bits per heavy atom. The van der Waals surface area contributed by atoms with Crippen molar-refractivity contribution in [1.82, 2.24) is 10.2 Å². The second-order valence-corrected chi connectivity index (χ2v) is 18.9. The van der Waals surface area contributed by atoms with Gasteiger partial charge in [-0.2, -0.15) is 0 Å². The van der Waals surface area contributed by atoms with Crippen molar-refractivity contribution in [3.8, 4) is 11.5 Å². The standard InChI is InChI=1S/C52H82ClN3O12/c1-3-5-6-7-8-9-10-11-12-16-26-54-50(60)66-40-23-24-45-43(37-40)48-41(21-14-18-29-58)39(20-13-17-28-57)36-42-44(55-68-47-22-15-19-32-63-47)38-46(52(67-45,49(42)48)65-31-4-2)56(27-34-62-35-30-59)51(61)64-33-25-53/h4,23-24,36-37,39,41,46-49,57-59H,2-3,5-22,25-35,38H2,1H3,(H,54,60). The average Bonchev–Trinajstić information content (AvgIpc) is 3.35. The van der Waals surface area contributed by atoms with Gasteiger partial charge in [0.2, 0.25) is 12.1 Å². The lowest BCUT2D eigenvalue weighted by Gasteiger charge is -2.59. The molecular formula is C52H82ClN3O12. The summed E-state index contributed by atoms with van der Waals surface area (Å²) in [5, 5.41) is 37.3. The normalized spacial score (nSPS) is 24.5. The highest BCUT2D eigenvalue weighted by Crippen LogP contribution is 2.62. The number of ether oxygens (including phenoxy) is 6. The first-order valence-electron chi connectivity index (χ1n) is 25.8. The molecule has 2 amide bonds. The fraction of sp³-hybridized carbons (Fsp3) is 0.750. The van der Waals surface area contributed by atoms with E-state index in [4.69, 9.17) is 50.0 Å². The van der Waals surface area contributed by atoms with Gasteiger partial charge in [-0.05, 0) is 80.6 Å². The van der Waals surface area contributed by atoms with E-state index in [9.17, 15) is 24.9 Å². The number of oxime groups is 1. The number of allylic oxidation sites excluding steroid dienone is 1. The first-order valence-corrected chi connectivity index (χ1v) is 26.4. The molecule has 1 saturated carbocycles. The van der Waals surface area contributed by atoms with Crippen LogP contribution in [0.4, 0.5) is 9.59 Å². The van der Waals surface area contributed by atoms with Gasteiger partial charge in [0, 0.05) is 50.6 Å². The van der Waals surface area contributed by atoms with Crippen LogP contribution in [-0.4, -0.2) is 128 Å². The summed E-state index contributed by atoms with van der Waals surface area (Å²) in [5.41, 5.74) is 2.28. The molecule has 2 heterocycles. The van der Waals surface area contributed by atoms with Crippen LogP contribution in [0.3, 0.4) is 0 Å². The Hall–Kier alpha value is -3.44. The third kappa shape index (κ3) is 16.0. The van der Waals surface area contributed by atoms with Crippen molar-refractivity contribution in [2.45, 2.75) is 159 Å². The van der Waals surface area contributed by atoms with Gasteiger partial charge >= 0.3 is 12.2 Å². The van der Waals surface area contributed by atoms with Gasteiger partial charge in [-0.15, -0.1) is 18.2 Å². The summed E-state index contributed by atoms with van der Waals surface area (Å²) in [6.45, 7) is 7.50. The first-order chi connectivity index (χ1) is 33.3. The first kappa shape index (κ1) is 55.5. The molecule has 68 heavy (non-hydrogen) atoms. The Morgan fingerprint density at radius 3 is 2.38 bits per heavy atom. The van der Waals surface area contributed by atoms with Gasteiger partial charge in [0.25, 0.3) is 0 Å². The maximum atomic E-state index is 14.3. The predicted octanol–water partition coefficient (Wildman–Crippen LogP) is 9.54. The van der Waals surface area contributed by atoms with Gasteiger partial charge in [0.15, 0.2) is 0 Å². The summed E-state index contributed by atoms with van der Waals surface area (Å²) in [6, 6.07) is 4.56. The number of aliphatic hydroxyl groups is 3. The van der Waals surface area contributed by atoms with Crippen molar-refractivity contribution < 1.29 is 58.2 Å². The third-order valence-corrected chi connectivity index (χ3v) is 13.9. The summed E-state index contributed by atoms with van der Waals surface area (Å²) >= 11 is 6.06. The smallest absolute Gasteiger partial charge is 0.412 e. The quantitative estimate of drug-likeness (QED) is 0.0227. The number of fused-ring (bicyclic) bond motifs is 2. The van der Waals surface area contributed by atoms with E-state index in [2.05, 4.69) is 24.9 Å². The molecular weight excluding hydrogens is 894 g/mol. The minimum absolute atomic E-state index is 0.00201. The number of nitrogens with zero attached hydrogens (tertiary/aromatic N) is 2. The number of benzene rings is 1. The fourth-order valence-electron chi connectivity index (χ4n) is 10.5. The lowest BCUT2D eigenvalue weighted by atomic mass is 9.55. The molecule has 384 valence electrons. The van der Waals surface area contributed by atoms with Gasteiger partial charge in [-0.25, -0.2) is 9.59 Å². The van der Waals surface area contributed by atoms with E-state index in [1.165, 1.54) is 44.9 Å². The molecule has 5 rings (SSSR count). The molecule has 2 fully saturated rings. The second kappa shape index (κ2) is 31.0. The van der Waals surface area contributed by atoms with E-state index in [1.54, 1.807) is 17.0 Å². The molecule has 4 aliphatic rings. The lowest BCUT2D eigenvalue weighted by molar-refractivity contribution is -0.256. The van der Waals surface area contributed by atoms with Gasteiger partial charge in [-0.3, -0.25) is 4.90 Å². The minimum atomic E-state index is -1.55. The number of hydrogen-bond donors (Lipinski definition) is 4. The van der Waals surface area contributed by atoms with Gasteiger partial charge < -0.3 is 53.9 Å². The zero-order valence-electron chi connectivity index (χ0n) is 40.8. The van der Waals surface area contributed by atoms with Crippen LogP contribution in [0.25, 0.3) is 0 Å². The largest absolute Gasteiger partial charge is 0.459 e. The highest BCUT2D eigenvalue weighted by Gasteiger charge is 2.65. The molecule has 1 saturated heterocycles. The van der Waals surface area contributed by atoms with E-state index >= 15 is 0 Å². The zero-order valence-corrected chi connectivity index (χ0v) is 41.5. The van der Waals surface area contributed by atoms with Crippen molar-refractivity contribution in [2.75, 3.05) is 71.8 Å². The number of unbranched alkanes of at least 4 members (excludes halogenated alkanes) is 11. The number of hydrogen-bond acceptors (Lipinski definition) is 13. The van der Waals surface area contributed by atoms with Gasteiger partial charge in [-0.1, -0.05) is 94.9 Å². The molecule has 7 atom stereocenters. The Kier molecular flexibility index (Phi) is 25.3. The molecule has 15 nitrogen and oxygen atoms in total. The van der Waals surface area contributed by atoms with E-state index < -0.39 is 36.2 Å². The monoisotopic (exact) mass is 976 g/mol. The highest BCUT2D eigenvalue weighted by atomic mass is 35.5. The van der Waals surface area contributed by atoms with Crippen LogP contribution in [0.1, 0.15) is 147 Å². The summed E-state index contributed by atoms with van der Waals surface area (Å²) in [7, 11) is 0. The molecule has 0 radical (unpaired) electrons. The minimum Gasteiger partial charge on any atom is -0.459 e. The Balaban J connectivity index is 1.56. The number of alkyl halides is 1. The molecule has 4 N–H and O–H groups in total. The van der Waals surface area contributed by atoms with Crippen LogP contribution < -0.4 is 14.8 Å². The van der Waals surface area contributed by atoms with Gasteiger partial charge in [0.1, 0.15) is 24.1 Å². The molecule has 16 heteroatoms. The molecule has 7 unspecified atom stereocenters. The number of nitrogens with one attached hydrogen (secondary N) is 1. The molecule has 2 aliphatic heterocycles. The van der Waals surface area contributed by atoms with E-state index in [0.717, 1.165) is 68.9 Å². The van der Waals surface area contributed by atoms with E-state index in [0.29, 0.717) is 49.6 Å². The van der Waals surface area contributed by atoms with E-state index in [-0.39, 0.29) is 82.8 Å². The van der Waals surface area contributed by atoms with Crippen LogP contribution in [0.5, 0.6) is 11.5 Å². The maximum Gasteiger partial charge on any atom is 0.412 e. The Bertz CT molecular complexity index is 1710. The van der Waals surface area contributed by atoms with Crippen molar-refractivity contribution in [2.24, 2.45) is 22.9 Å². The summed E-state index contributed by atoms with van der Waals surface area (Å²) in [5.74, 6) is -1.58. The Morgan fingerprint density at radius 1 is 0.941 bits per heavy atom. The molecule has 0 aromatic heterocycles.